The van der Waals surface area contributed by atoms with Crippen LogP contribution in [0.3, 0.4) is 0 Å². The Bertz CT molecular complexity index is 220. The molecule has 106 valence electrons. The van der Waals surface area contributed by atoms with Crippen LogP contribution >= 0.6 is 0 Å². The zero-order valence-electron chi connectivity index (χ0n) is 12.6. The molecule has 0 aromatic heterocycles. The summed E-state index contributed by atoms with van der Waals surface area (Å²) in [5, 5.41) is 3.96. The largest absolute Gasteiger partial charge is 0.311 e. The van der Waals surface area contributed by atoms with E-state index in [9.17, 15) is 0 Å². The van der Waals surface area contributed by atoms with Crippen molar-refractivity contribution in [2.75, 3.05) is 0 Å². The quantitative estimate of drug-likeness (QED) is 0.685. The molecule has 2 aliphatic carbocycles. The predicted molar refractivity (Wildman–Crippen MR) is 79.8 cm³/mol. The summed E-state index contributed by atoms with van der Waals surface area (Å²) in [5.74, 6) is 2.00. The van der Waals surface area contributed by atoms with Gasteiger partial charge in [-0.2, -0.15) is 0 Å². The van der Waals surface area contributed by atoms with E-state index < -0.39 is 0 Å². The zero-order valence-corrected chi connectivity index (χ0v) is 12.6. The molecular formula is C17H33N. The average Bonchev–Trinajstić information content (AvgIpc) is 2.81. The lowest BCUT2D eigenvalue weighted by Crippen LogP contribution is -2.40. The van der Waals surface area contributed by atoms with Crippen LogP contribution in [0.15, 0.2) is 0 Å². The number of nitrogens with one attached hydrogen (secondary N) is 1. The van der Waals surface area contributed by atoms with E-state index in [0.717, 1.165) is 23.9 Å². The molecule has 0 heterocycles. The summed E-state index contributed by atoms with van der Waals surface area (Å²) >= 11 is 0. The van der Waals surface area contributed by atoms with Gasteiger partial charge < -0.3 is 5.32 Å². The van der Waals surface area contributed by atoms with Crippen LogP contribution in [0.1, 0.15) is 84.5 Å². The van der Waals surface area contributed by atoms with Gasteiger partial charge in [-0.25, -0.2) is 0 Å². The van der Waals surface area contributed by atoms with E-state index in [2.05, 4.69) is 19.2 Å². The normalized spacial score (nSPS) is 32.3. The molecule has 2 fully saturated rings. The van der Waals surface area contributed by atoms with Crippen LogP contribution < -0.4 is 5.32 Å². The lowest BCUT2D eigenvalue weighted by molar-refractivity contribution is 0.320. The third kappa shape index (κ3) is 4.26. The Hall–Kier alpha value is -0.0400. The summed E-state index contributed by atoms with van der Waals surface area (Å²) < 4.78 is 0. The average molecular weight is 251 g/mol. The molecule has 2 rings (SSSR count). The molecule has 3 unspecified atom stereocenters. The summed E-state index contributed by atoms with van der Waals surface area (Å²) in [7, 11) is 0. The van der Waals surface area contributed by atoms with Crippen LogP contribution in [0.5, 0.6) is 0 Å². The highest BCUT2D eigenvalue weighted by Crippen LogP contribution is 2.30. The van der Waals surface area contributed by atoms with Gasteiger partial charge in [0.2, 0.25) is 0 Å². The molecule has 1 N–H and O–H groups in total. The highest BCUT2D eigenvalue weighted by molar-refractivity contribution is 4.82. The fraction of sp³-hybridized carbons (Fsp3) is 1.00. The Morgan fingerprint density at radius 1 is 0.944 bits per heavy atom. The number of hydrogen-bond donors (Lipinski definition) is 1. The van der Waals surface area contributed by atoms with Gasteiger partial charge in [0.25, 0.3) is 0 Å². The van der Waals surface area contributed by atoms with Crippen molar-refractivity contribution in [2.24, 2.45) is 11.8 Å². The molecule has 0 amide bonds. The third-order valence-corrected chi connectivity index (χ3v) is 5.39. The molecule has 18 heavy (non-hydrogen) atoms. The summed E-state index contributed by atoms with van der Waals surface area (Å²) in [6.07, 6.45) is 16.0. The smallest absolute Gasteiger partial charge is 0.00697 e. The predicted octanol–water partition coefficient (Wildman–Crippen LogP) is 4.90. The molecule has 0 aliphatic heterocycles. The molecule has 0 radical (unpaired) electrons. The maximum absolute atomic E-state index is 3.96. The topological polar surface area (TPSA) is 12.0 Å². The second kappa shape index (κ2) is 7.53. The van der Waals surface area contributed by atoms with E-state index in [1.165, 1.54) is 70.6 Å². The number of hydrogen-bond acceptors (Lipinski definition) is 1. The van der Waals surface area contributed by atoms with Gasteiger partial charge in [-0.1, -0.05) is 45.4 Å². The monoisotopic (exact) mass is 251 g/mol. The van der Waals surface area contributed by atoms with Crippen LogP contribution in [0.4, 0.5) is 0 Å². The summed E-state index contributed by atoms with van der Waals surface area (Å²) in [6, 6.07) is 1.59. The van der Waals surface area contributed by atoms with Gasteiger partial charge in [0.05, 0.1) is 0 Å². The fourth-order valence-electron chi connectivity index (χ4n) is 4.21. The molecular weight excluding hydrogens is 218 g/mol. The van der Waals surface area contributed by atoms with Crippen molar-refractivity contribution in [1.29, 1.82) is 0 Å². The Labute approximate surface area is 114 Å². The highest BCUT2D eigenvalue weighted by atomic mass is 15.0. The van der Waals surface area contributed by atoms with E-state index >= 15 is 0 Å². The summed E-state index contributed by atoms with van der Waals surface area (Å²) in [5.41, 5.74) is 0. The lowest BCUT2D eigenvalue weighted by Gasteiger charge is -2.26. The molecule has 1 nitrogen and oxygen atoms in total. The first kappa shape index (κ1) is 14.4. The Morgan fingerprint density at radius 2 is 1.72 bits per heavy atom. The molecule has 1 heteroatoms. The Kier molecular flexibility index (Phi) is 6.01. The first-order valence-electron chi connectivity index (χ1n) is 8.55. The van der Waals surface area contributed by atoms with Gasteiger partial charge >= 0.3 is 0 Å². The Morgan fingerprint density at radius 3 is 2.44 bits per heavy atom. The third-order valence-electron chi connectivity index (χ3n) is 5.39. The van der Waals surface area contributed by atoms with Crippen molar-refractivity contribution in [1.82, 2.24) is 5.32 Å². The molecule has 2 aliphatic rings. The van der Waals surface area contributed by atoms with Gasteiger partial charge in [0, 0.05) is 12.1 Å². The minimum atomic E-state index is 0.764. The standard InChI is InChI=1S/C17H33N/c1-3-7-15-8-6-11-17(13-12-15)18-14(2)16-9-4-5-10-16/h14-18H,3-13H2,1-2H3. The van der Waals surface area contributed by atoms with Gasteiger partial charge in [0.15, 0.2) is 0 Å². The van der Waals surface area contributed by atoms with Crippen molar-refractivity contribution >= 4 is 0 Å². The summed E-state index contributed by atoms with van der Waals surface area (Å²) in [6.45, 7) is 4.77. The lowest BCUT2D eigenvalue weighted by atomic mass is 9.95. The molecule has 3 atom stereocenters. The summed E-state index contributed by atoms with van der Waals surface area (Å²) in [4.78, 5) is 0. The van der Waals surface area contributed by atoms with Crippen LogP contribution in [0, 0.1) is 11.8 Å². The number of rotatable bonds is 5. The maximum atomic E-state index is 3.96. The molecule has 0 aromatic carbocycles. The molecule has 0 bridgehead atoms. The van der Waals surface area contributed by atoms with E-state index in [4.69, 9.17) is 0 Å². The van der Waals surface area contributed by atoms with Crippen molar-refractivity contribution in [2.45, 2.75) is 96.6 Å². The first-order valence-corrected chi connectivity index (χ1v) is 8.55. The first-order chi connectivity index (χ1) is 8.79. The molecule has 0 saturated heterocycles. The fourth-order valence-corrected chi connectivity index (χ4v) is 4.21. The zero-order chi connectivity index (χ0) is 12.8. The van der Waals surface area contributed by atoms with Crippen molar-refractivity contribution in [3.63, 3.8) is 0 Å². The van der Waals surface area contributed by atoms with Gasteiger partial charge in [-0.15, -0.1) is 0 Å². The van der Waals surface area contributed by atoms with Crippen LogP contribution in [0.2, 0.25) is 0 Å². The maximum Gasteiger partial charge on any atom is 0.00697 e. The van der Waals surface area contributed by atoms with Gasteiger partial charge in [-0.05, 0) is 50.9 Å². The second-order valence-corrected chi connectivity index (χ2v) is 6.86. The van der Waals surface area contributed by atoms with Crippen molar-refractivity contribution < 1.29 is 0 Å². The minimum Gasteiger partial charge on any atom is -0.311 e. The second-order valence-electron chi connectivity index (χ2n) is 6.86. The van der Waals surface area contributed by atoms with Gasteiger partial charge in [0.1, 0.15) is 0 Å². The molecule has 0 aromatic rings. The molecule has 2 saturated carbocycles. The van der Waals surface area contributed by atoms with E-state index in [1.807, 2.05) is 0 Å². The van der Waals surface area contributed by atoms with E-state index in [-0.39, 0.29) is 0 Å². The minimum absolute atomic E-state index is 0.764. The van der Waals surface area contributed by atoms with Crippen LogP contribution in [-0.2, 0) is 0 Å². The van der Waals surface area contributed by atoms with E-state index in [1.54, 1.807) is 0 Å². The highest BCUT2D eigenvalue weighted by Gasteiger charge is 2.25. The van der Waals surface area contributed by atoms with Crippen molar-refractivity contribution in [3.8, 4) is 0 Å². The van der Waals surface area contributed by atoms with E-state index in [0.29, 0.717) is 0 Å². The van der Waals surface area contributed by atoms with Crippen molar-refractivity contribution in [3.05, 3.63) is 0 Å². The Balaban J connectivity index is 1.72. The molecule has 0 spiro atoms. The SMILES string of the molecule is CCCC1CCCC(NC(C)C2CCCC2)CC1. The van der Waals surface area contributed by atoms with Gasteiger partial charge in [-0.3, -0.25) is 0 Å². The van der Waals surface area contributed by atoms with Crippen LogP contribution in [0.25, 0.3) is 0 Å². The van der Waals surface area contributed by atoms with Crippen LogP contribution in [-0.4, -0.2) is 12.1 Å².